The summed E-state index contributed by atoms with van der Waals surface area (Å²) in [5.74, 6) is 0. The van der Waals surface area contributed by atoms with E-state index in [9.17, 15) is 4.79 Å². The summed E-state index contributed by atoms with van der Waals surface area (Å²) in [4.78, 5) is 18.4. The zero-order valence-electron chi connectivity index (χ0n) is 12.3. The Morgan fingerprint density at radius 3 is 2.82 bits per heavy atom. The van der Waals surface area contributed by atoms with Crippen LogP contribution in [0.1, 0.15) is 5.01 Å². The first-order valence-corrected chi connectivity index (χ1v) is 8.31. The molecule has 1 fully saturated rings. The van der Waals surface area contributed by atoms with Gasteiger partial charge in [-0.05, 0) is 0 Å². The van der Waals surface area contributed by atoms with Crippen LogP contribution in [0, 0.1) is 0 Å². The van der Waals surface area contributed by atoms with Gasteiger partial charge in [-0.15, -0.1) is 11.3 Å². The summed E-state index contributed by atoms with van der Waals surface area (Å²) in [5, 5.41) is 6.05. The lowest BCUT2D eigenvalue weighted by atomic mass is 10.2. The fourth-order valence-electron chi connectivity index (χ4n) is 2.32. The van der Waals surface area contributed by atoms with Gasteiger partial charge in [-0.2, -0.15) is 0 Å². The molecule has 0 unspecified atom stereocenters. The van der Waals surface area contributed by atoms with Gasteiger partial charge in [0.25, 0.3) is 0 Å². The van der Waals surface area contributed by atoms with E-state index in [0.717, 1.165) is 22.7 Å². The second-order valence-corrected chi connectivity index (χ2v) is 6.02. The fraction of sp³-hybridized carbons (Fsp3) is 0.375. The summed E-state index contributed by atoms with van der Waals surface area (Å²) in [7, 11) is 0. The van der Waals surface area contributed by atoms with Crippen LogP contribution in [0.3, 0.4) is 0 Å². The molecule has 0 atom stereocenters. The Labute approximate surface area is 133 Å². The van der Waals surface area contributed by atoms with Crippen molar-refractivity contribution in [1.82, 2.24) is 15.2 Å². The number of benzene rings is 1. The highest BCUT2D eigenvalue weighted by molar-refractivity contribution is 7.09. The Morgan fingerprint density at radius 1 is 1.27 bits per heavy atom. The summed E-state index contributed by atoms with van der Waals surface area (Å²) in [6.07, 6.45) is 0.758. The number of morpholine rings is 1. The molecule has 1 aromatic heterocycles. The predicted molar refractivity (Wildman–Crippen MR) is 87.0 cm³/mol. The molecule has 0 aliphatic carbocycles. The van der Waals surface area contributed by atoms with E-state index < -0.39 is 0 Å². The van der Waals surface area contributed by atoms with Crippen molar-refractivity contribution in [2.45, 2.75) is 6.42 Å². The number of thiazole rings is 1. The molecule has 5 nitrogen and oxygen atoms in total. The van der Waals surface area contributed by atoms with Gasteiger partial charge in [-0.25, -0.2) is 9.78 Å². The lowest BCUT2D eigenvalue weighted by Crippen LogP contribution is -2.46. The van der Waals surface area contributed by atoms with Crippen LogP contribution in [-0.2, 0) is 11.2 Å². The molecule has 0 bridgehead atoms. The van der Waals surface area contributed by atoms with Gasteiger partial charge in [-0.3, -0.25) is 0 Å². The largest absolute Gasteiger partial charge is 0.378 e. The highest BCUT2D eigenvalue weighted by Crippen LogP contribution is 2.21. The average molecular weight is 317 g/mol. The van der Waals surface area contributed by atoms with Gasteiger partial charge in [0.15, 0.2) is 0 Å². The number of hydrogen-bond acceptors (Lipinski definition) is 4. The standard InChI is InChI=1S/C16H19N3O2S/c20-16(19-8-10-21-11-9-19)17-7-6-15-18-14(12-22-15)13-4-2-1-3-5-13/h1-5,12H,6-11H2,(H,17,20). The lowest BCUT2D eigenvalue weighted by Gasteiger charge is -2.26. The van der Waals surface area contributed by atoms with Crippen LogP contribution in [0.2, 0.25) is 0 Å². The summed E-state index contributed by atoms with van der Waals surface area (Å²) in [5.41, 5.74) is 2.13. The van der Waals surface area contributed by atoms with Crippen LogP contribution >= 0.6 is 11.3 Å². The van der Waals surface area contributed by atoms with Gasteiger partial charge in [0.05, 0.1) is 23.9 Å². The third-order valence-electron chi connectivity index (χ3n) is 3.53. The molecular formula is C16H19N3O2S. The van der Waals surface area contributed by atoms with Crippen molar-refractivity contribution in [3.63, 3.8) is 0 Å². The molecule has 1 aliphatic rings. The first-order chi connectivity index (χ1) is 10.8. The van der Waals surface area contributed by atoms with E-state index in [1.165, 1.54) is 0 Å². The summed E-state index contributed by atoms with van der Waals surface area (Å²) >= 11 is 1.64. The van der Waals surface area contributed by atoms with E-state index in [1.807, 2.05) is 18.2 Å². The highest BCUT2D eigenvalue weighted by Gasteiger charge is 2.16. The van der Waals surface area contributed by atoms with Gasteiger partial charge in [-0.1, -0.05) is 30.3 Å². The molecule has 22 heavy (non-hydrogen) atoms. The number of rotatable bonds is 4. The highest BCUT2D eigenvalue weighted by atomic mass is 32.1. The second-order valence-electron chi connectivity index (χ2n) is 5.07. The first-order valence-electron chi connectivity index (χ1n) is 7.43. The Bertz CT molecular complexity index is 609. The van der Waals surface area contributed by atoms with Crippen molar-refractivity contribution in [2.75, 3.05) is 32.8 Å². The molecule has 116 valence electrons. The number of hydrogen-bond donors (Lipinski definition) is 1. The van der Waals surface area contributed by atoms with Gasteiger partial charge in [0.2, 0.25) is 0 Å². The minimum atomic E-state index is -0.0110. The summed E-state index contributed by atoms with van der Waals surface area (Å²) in [6, 6.07) is 10.1. The Kier molecular flexibility index (Phi) is 5.03. The number of nitrogens with zero attached hydrogens (tertiary/aromatic N) is 2. The quantitative estimate of drug-likeness (QED) is 0.942. The number of urea groups is 1. The maximum atomic E-state index is 12.0. The van der Waals surface area contributed by atoms with Crippen molar-refractivity contribution >= 4 is 17.4 Å². The van der Waals surface area contributed by atoms with Crippen LogP contribution in [-0.4, -0.2) is 48.8 Å². The van der Waals surface area contributed by atoms with E-state index in [1.54, 1.807) is 16.2 Å². The lowest BCUT2D eigenvalue weighted by molar-refractivity contribution is 0.0533. The summed E-state index contributed by atoms with van der Waals surface area (Å²) < 4.78 is 5.24. The molecule has 0 saturated carbocycles. The Balaban J connectivity index is 1.48. The second kappa shape index (κ2) is 7.38. The van der Waals surface area contributed by atoms with Gasteiger partial charge in [0.1, 0.15) is 0 Å². The third-order valence-corrected chi connectivity index (χ3v) is 4.44. The van der Waals surface area contributed by atoms with E-state index >= 15 is 0 Å². The van der Waals surface area contributed by atoms with E-state index in [2.05, 4.69) is 27.8 Å². The SMILES string of the molecule is O=C(NCCc1nc(-c2ccccc2)cs1)N1CCOCC1. The number of aromatic nitrogens is 1. The monoisotopic (exact) mass is 317 g/mol. The fourth-order valence-corrected chi connectivity index (χ4v) is 3.13. The molecule has 6 heteroatoms. The minimum Gasteiger partial charge on any atom is -0.378 e. The Morgan fingerprint density at radius 2 is 2.05 bits per heavy atom. The van der Waals surface area contributed by atoms with Crippen LogP contribution in [0.4, 0.5) is 4.79 Å². The van der Waals surface area contributed by atoms with Crippen molar-refractivity contribution in [3.8, 4) is 11.3 Å². The molecule has 1 aliphatic heterocycles. The van der Waals surface area contributed by atoms with E-state index in [4.69, 9.17) is 4.74 Å². The average Bonchev–Trinajstić information content (AvgIpc) is 3.05. The molecule has 1 N–H and O–H groups in total. The topological polar surface area (TPSA) is 54.5 Å². The molecule has 0 spiro atoms. The number of amides is 2. The van der Waals surface area contributed by atoms with Crippen LogP contribution in [0.25, 0.3) is 11.3 Å². The van der Waals surface area contributed by atoms with Crippen molar-refractivity contribution < 1.29 is 9.53 Å². The zero-order valence-corrected chi connectivity index (χ0v) is 13.1. The normalized spacial score (nSPS) is 14.8. The van der Waals surface area contributed by atoms with Crippen molar-refractivity contribution in [3.05, 3.63) is 40.7 Å². The maximum Gasteiger partial charge on any atom is 0.317 e. The molecule has 2 amide bonds. The van der Waals surface area contributed by atoms with E-state index in [-0.39, 0.29) is 6.03 Å². The predicted octanol–water partition coefficient (Wildman–Crippen LogP) is 2.39. The number of carbonyl (C=O) groups excluding carboxylic acids is 1. The zero-order chi connectivity index (χ0) is 15.2. The van der Waals surface area contributed by atoms with Gasteiger partial charge >= 0.3 is 6.03 Å². The number of ether oxygens (including phenoxy) is 1. The minimum absolute atomic E-state index is 0.0110. The van der Waals surface area contributed by atoms with E-state index in [0.29, 0.717) is 32.8 Å². The molecule has 1 aromatic carbocycles. The number of carbonyl (C=O) groups is 1. The van der Waals surface area contributed by atoms with Gasteiger partial charge < -0.3 is 15.0 Å². The first kappa shape index (κ1) is 15.0. The van der Waals surface area contributed by atoms with Crippen LogP contribution < -0.4 is 5.32 Å². The molecule has 0 radical (unpaired) electrons. The Hall–Kier alpha value is -1.92. The molecule has 1 saturated heterocycles. The van der Waals surface area contributed by atoms with Crippen LogP contribution in [0.15, 0.2) is 35.7 Å². The van der Waals surface area contributed by atoms with Crippen LogP contribution in [0.5, 0.6) is 0 Å². The third kappa shape index (κ3) is 3.84. The van der Waals surface area contributed by atoms with Gasteiger partial charge in [0, 0.05) is 37.0 Å². The van der Waals surface area contributed by atoms with Crippen molar-refractivity contribution in [1.29, 1.82) is 0 Å². The number of nitrogens with one attached hydrogen (secondary N) is 1. The van der Waals surface area contributed by atoms with Crippen molar-refractivity contribution in [2.24, 2.45) is 0 Å². The molecular weight excluding hydrogens is 298 g/mol. The molecule has 2 aromatic rings. The maximum absolute atomic E-state index is 12.0. The smallest absolute Gasteiger partial charge is 0.317 e. The molecule has 2 heterocycles. The molecule has 3 rings (SSSR count). The summed E-state index contributed by atoms with van der Waals surface area (Å²) in [6.45, 7) is 3.20.